The molecule has 3 aromatic rings. The van der Waals surface area contributed by atoms with Gasteiger partial charge >= 0.3 is 0 Å². The van der Waals surface area contributed by atoms with Crippen LogP contribution in [0.2, 0.25) is 5.02 Å². The molecule has 1 N–H and O–H groups in total. The largest absolute Gasteiger partial charge is 0.487 e. The molecule has 1 aromatic carbocycles. The van der Waals surface area contributed by atoms with E-state index in [1.807, 2.05) is 45.0 Å². The maximum Gasteiger partial charge on any atom is 0.217 e. The number of aliphatic imine (C=N–C) groups is 1. The molecule has 0 saturated carbocycles. The molecule has 3 rings (SSSR count). The maximum absolute atomic E-state index is 11.3. The molecule has 0 atom stereocenters. The van der Waals surface area contributed by atoms with Crippen LogP contribution in [0.25, 0.3) is 16.6 Å². The van der Waals surface area contributed by atoms with Crippen molar-refractivity contribution in [3.05, 3.63) is 69.1 Å². The van der Waals surface area contributed by atoms with Crippen molar-refractivity contribution >= 4 is 51.9 Å². The third kappa shape index (κ3) is 5.44. The molecule has 0 unspecified atom stereocenters. The van der Waals surface area contributed by atoms with Crippen LogP contribution in [-0.4, -0.2) is 22.1 Å². The molecule has 0 fully saturated rings. The van der Waals surface area contributed by atoms with Crippen molar-refractivity contribution in [1.29, 1.82) is 0 Å². The number of halogens is 2. The molecule has 6 nitrogen and oxygen atoms in total. The number of allylic oxidation sites excluding steroid dienone is 1. The van der Waals surface area contributed by atoms with Gasteiger partial charge in [0.25, 0.3) is 0 Å². The second-order valence-electron chi connectivity index (χ2n) is 7.19. The molecule has 0 bridgehead atoms. The Morgan fingerprint density at radius 1 is 1.28 bits per heavy atom. The summed E-state index contributed by atoms with van der Waals surface area (Å²) >= 11 is 12.7. The van der Waals surface area contributed by atoms with Gasteiger partial charge in [-0.05, 0) is 38.5 Å². The van der Waals surface area contributed by atoms with Gasteiger partial charge in [-0.1, -0.05) is 35.3 Å². The number of rotatable bonds is 7. The Morgan fingerprint density at radius 2 is 2.06 bits per heavy atom. The van der Waals surface area contributed by atoms with Gasteiger partial charge < -0.3 is 10.1 Å². The van der Waals surface area contributed by atoms with Crippen LogP contribution >= 0.6 is 23.2 Å². The Hall–Kier alpha value is -2.96. The minimum absolute atomic E-state index is 0.133. The summed E-state index contributed by atoms with van der Waals surface area (Å²) in [4.78, 5) is 24.6. The number of carbonyl (C=O) groups excluding carboxylic acids is 1. The van der Waals surface area contributed by atoms with Crippen molar-refractivity contribution in [2.45, 2.75) is 40.8 Å². The number of hydrogen-bond acceptors (Lipinski definition) is 5. The Labute approximate surface area is 197 Å². The van der Waals surface area contributed by atoms with Crippen molar-refractivity contribution in [3.8, 4) is 5.75 Å². The predicted octanol–water partition coefficient (Wildman–Crippen LogP) is 5.82. The highest BCUT2D eigenvalue weighted by Gasteiger charge is 2.15. The van der Waals surface area contributed by atoms with E-state index in [4.69, 9.17) is 32.9 Å². The first-order valence-electron chi connectivity index (χ1n) is 10.1. The van der Waals surface area contributed by atoms with Crippen molar-refractivity contribution in [2.24, 2.45) is 4.99 Å². The fourth-order valence-electron chi connectivity index (χ4n) is 3.32. The lowest BCUT2D eigenvalue weighted by Gasteiger charge is -2.15. The van der Waals surface area contributed by atoms with E-state index >= 15 is 0 Å². The highest BCUT2D eigenvalue weighted by molar-refractivity contribution is 6.32. The summed E-state index contributed by atoms with van der Waals surface area (Å²) in [7, 11) is 0. The van der Waals surface area contributed by atoms with E-state index < -0.39 is 0 Å². The average molecular weight is 471 g/mol. The lowest BCUT2D eigenvalue weighted by atomic mass is 10.0. The van der Waals surface area contributed by atoms with E-state index in [-0.39, 0.29) is 12.5 Å². The van der Waals surface area contributed by atoms with Crippen LogP contribution < -0.4 is 10.1 Å². The molecule has 8 heteroatoms. The fraction of sp³-hybridized carbons (Fsp3) is 0.250. The number of para-hydroxylation sites is 1. The number of ether oxygens (including phenoxy) is 1. The summed E-state index contributed by atoms with van der Waals surface area (Å²) in [5.41, 5.74) is 4.65. The van der Waals surface area contributed by atoms with E-state index in [0.717, 1.165) is 27.8 Å². The van der Waals surface area contributed by atoms with Crippen LogP contribution in [0.5, 0.6) is 5.75 Å². The first-order chi connectivity index (χ1) is 15.3. The molecule has 0 spiro atoms. The van der Waals surface area contributed by atoms with E-state index in [2.05, 4.69) is 15.3 Å². The van der Waals surface area contributed by atoms with Gasteiger partial charge in [-0.15, -0.1) is 0 Å². The first kappa shape index (κ1) is 23.7. The summed E-state index contributed by atoms with van der Waals surface area (Å²) in [6.45, 7) is 7.56. The highest BCUT2D eigenvalue weighted by Crippen LogP contribution is 2.34. The van der Waals surface area contributed by atoms with Crippen molar-refractivity contribution in [2.75, 3.05) is 0 Å². The normalized spacial score (nSPS) is 12.2. The van der Waals surface area contributed by atoms with Gasteiger partial charge in [-0.25, -0.2) is 4.98 Å². The molecule has 0 radical (unpaired) electrons. The van der Waals surface area contributed by atoms with Gasteiger partial charge in [0.1, 0.15) is 17.9 Å². The van der Waals surface area contributed by atoms with Gasteiger partial charge in [-0.3, -0.25) is 14.8 Å². The molecule has 2 heterocycles. The number of fused-ring (bicyclic) bond motifs is 1. The Bertz CT molecular complexity index is 1220. The van der Waals surface area contributed by atoms with Gasteiger partial charge in [0.15, 0.2) is 0 Å². The maximum atomic E-state index is 11.3. The third-order valence-electron chi connectivity index (χ3n) is 4.76. The van der Waals surface area contributed by atoms with E-state index in [0.29, 0.717) is 33.6 Å². The smallest absolute Gasteiger partial charge is 0.217 e. The molecule has 2 aromatic heterocycles. The first-order valence-corrected chi connectivity index (χ1v) is 10.8. The van der Waals surface area contributed by atoms with Crippen molar-refractivity contribution < 1.29 is 9.53 Å². The number of hydrogen-bond donors (Lipinski definition) is 1. The number of amides is 1. The number of carbonyl (C=O) groups is 1. The number of nitrogens with one attached hydrogen (secondary N) is 1. The lowest BCUT2D eigenvalue weighted by Crippen LogP contribution is -2.20. The summed E-state index contributed by atoms with van der Waals surface area (Å²) < 4.78 is 6.17. The van der Waals surface area contributed by atoms with Gasteiger partial charge in [-0.2, -0.15) is 0 Å². The van der Waals surface area contributed by atoms with Gasteiger partial charge in [0.2, 0.25) is 5.91 Å². The summed E-state index contributed by atoms with van der Waals surface area (Å²) in [5.74, 6) is 0.476. The van der Waals surface area contributed by atoms with E-state index in [1.54, 1.807) is 18.6 Å². The number of aryl methyl sites for hydroxylation is 1. The number of benzene rings is 1. The molecule has 1 amide bonds. The molecule has 166 valence electrons. The van der Waals surface area contributed by atoms with Crippen LogP contribution in [0.3, 0.4) is 0 Å². The summed E-state index contributed by atoms with van der Waals surface area (Å²) in [6, 6.07) is 7.70. The third-order valence-corrected chi connectivity index (χ3v) is 5.27. The van der Waals surface area contributed by atoms with E-state index in [9.17, 15) is 4.79 Å². The quantitative estimate of drug-likeness (QED) is 0.441. The van der Waals surface area contributed by atoms with Gasteiger partial charge in [0, 0.05) is 59.3 Å². The predicted molar refractivity (Wildman–Crippen MR) is 130 cm³/mol. The minimum Gasteiger partial charge on any atom is -0.487 e. The van der Waals surface area contributed by atoms with Crippen LogP contribution in [0.1, 0.15) is 43.2 Å². The minimum atomic E-state index is -0.133. The highest BCUT2D eigenvalue weighted by atomic mass is 35.5. The molecule has 0 aliphatic rings. The lowest BCUT2D eigenvalue weighted by molar-refractivity contribution is -0.119. The van der Waals surface area contributed by atoms with Crippen LogP contribution in [0.4, 0.5) is 0 Å². The summed E-state index contributed by atoms with van der Waals surface area (Å²) in [5, 5.41) is 4.71. The van der Waals surface area contributed by atoms with Gasteiger partial charge in [0.05, 0.1) is 10.7 Å². The number of nitrogens with zero attached hydrogens (tertiary/aromatic N) is 3. The zero-order valence-corrected chi connectivity index (χ0v) is 19.9. The Balaban J connectivity index is 2.02. The number of aromatic nitrogens is 2. The monoisotopic (exact) mass is 470 g/mol. The van der Waals surface area contributed by atoms with E-state index in [1.165, 1.54) is 6.92 Å². The summed E-state index contributed by atoms with van der Waals surface area (Å²) in [6.07, 6.45) is 4.95. The molecule has 0 aliphatic heterocycles. The zero-order chi connectivity index (χ0) is 23.3. The number of pyridine rings is 2. The van der Waals surface area contributed by atoms with Crippen LogP contribution in [0, 0.1) is 6.92 Å². The second kappa shape index (κ2) is 10.6. The molecular formula is C24H24Cl2N4O2. The fourth-order valence-corrected chi connectivity index (χ4v) is 3.70. The Kier molecular flexibility index (Phi) is 7.83. The topological polar surface area (TPSA) is 76.5 Å². The average Bonchev–Trinajstić information content (AvgIpc) is 2.74. The molecule has 0 aliphatic carbocycles. The zero-order valence-electron chi connectivity index (χ0n) is 18.4. The standard InChI is InChI=1S/C24H24Cl2N4O2/c1-5-28-23(15(3)25)19-9-14(2)30-24-18(19)7-6-8-22(24)32-13-20-17(11-29-16(4)31)10-27-12-21(20)26/h5-10,12H,11,13H2,1-4H3,(H,29,31)/b23-15+,28-5-. The molecular weight excluding hydrogens is 447 g/mol. The van der Waals surface area contributed by atoms with Crippen molar-refractivity contribution in [1.82, 2.24) is 15.3 Å². The SMILES string of the molecule is C/C=N\C(=C(/C)Cl)c1cc(C)nc2c(OCc3c(Cl)cncc3CNC(C)=O)cccc12. The van der Waals surface area contributed by atoms with Crippen molar-refractivity contribution in [3.63, 3.8) is 0 Å². The Morgan fingerprint density at radius 3 is 2.75 bits per heavy atom. The molecule has 32 heavy (non-hydrogen) atoms. The van der Waals surface area contributed by atoms with Crippen LogP contribution in [0.15, 0.2) is 46.7 Å². The van der Waals surface area contributed by atoms with Crippen LogP contribution in [-0.2, 0) is 17.9 Å². The molecule has 0 saturated heterocycles. The second-order valence-corrected chi connectivity index (χ2v) is 8.16.